The van der Waals surface area contributed by atoms with E-state index in [0.717, 1.165) is 6.54 Å². The van der Waals surface area contributed by atoms with Crippen LogP contribution in [0.25, 0.3) is 0 Å². The molecular formula is C15H26N2O2. The molecule has 4 heteroatoms. The van der Waals surface area contributed by atoms with E-state index >= 15 is 0 Å². The van der Waals surface area contributed by atoms with Gasteiger partial charge in [-0.15, -0.1) is 0 Å². The van der Waals surface area contributed by atoms with Crippen LogP contribution in [0.1, 0.15) is 58.3 Å². The second kappa shape index (κ2) is 7.04. The van der Waals surface area contributed by atoms with Gasteiger partial charge in [0, 0.05) is 32.0 Å². The van der Waals surface area contributed by atoms with Gasteiger partial charge < -0.3 is 5.32 Å². The van der Waals surface area contributed by atoms with Gasteiger partial charge >= 0.3 is 0 Å². The molecule has 0 bridgehead atoms. The number of carbonyl (C=O) groups excluding carboxylic acids is 2. The Hall–Kier alpha value is -0.900. The topological polar surface area (TPSA) is 49.4 Å². The molecule has 0 aromatic heterocycles. The summed E-state index contributed by atoms with van der Waals surface area (Å²) in [5, 5.41) is 3.52. The summed E-state index contributed by atoms with van der Waals surface area (Å²) in [5.41, 5.74) is 0. The van der Waals surface area contributed by atoms with Crippen LogP contribution in [0.4, 0.5) is 0 Å². The molecule has 1 heterocycles. The monoisotopic (exact) mass is 266 g/mol. The second-order valence-corrected chi connectivity index (χ2v) is 6.10. The van der Waals surface area contributed by atoms with Crippen LogP contribution >= 0.6 is 0 Å². The van der Waals surface area contributed by atoms with Crippen molar-refractivity contribution in [2.75, 3.05) is 13.1 Å². The van der Waals surface area contributed by atoms with Gasteiger partial charge in [0.1, 0.15) is 0 Å². The second-order valence-electron chi connectivity index (χ2n) is 6.10. The minimum Gasteiger partial charge on any atom is -0.312 e. The largest absolute Gasteiger partial charge is 0.312 e. The highest BCUT2D eigenvalue weighted by Crippen LogP contribution is 2.19. The first-order chi connectivity index (χ1) is 9.16. The molecule has 0 aromatic rings. The van der Waals surface area contributed by atoms with Crippen molar-refractivity contribution in [2.24, 2.45) is 5.92 Å². The van der Waals surface area contributed by atoms with Gasteiger partial charge in [-0.3, -0.25) is 14.5 Å². The zero-order valence-electron chi connectivity index (χ0n) is 12.0. The van der Waals surface area contributed by atoms with Crippen molar-refractivity contribution < 1.29 is 9.59 Å². The number of rotatable bonds is 4. The summed E-state index contributed by atoms with van der Waals surface area (Å²) in [6.07, 6.45) is 8.81. The first kappa shape index (κ1) is 14.5. The van der Waals surface area contributed by atoms with Crippen molar-refractivity contribution in [1.82, 2.24) is 10.2 Å². The van der Waals surface area contributed by atoms with Crippen LogP contribution in [-0.4, -0.2) is 35.8 Å². The molecule has 4 nitrogen and oxygen atoms in total. The van der Waals surface area contributed by atoms with Gasteiger partial charge in [0.05, 0.1) is 0 Å². The third-order valence-corrected chi connectivity index (χ3v) is 4.27. The predicted molar refractivity (Wildman–Crippen MR) is 74.6 cm³/mol. The molecular weight excluding hydrogens is 240 g/mol. The predicted octanol–water partition coefficient (Wildman–Crippen LogP) is 2.08. The first-order valence-corrected chi connectivity index (χ1v) is 7.73. The van der Waals surface area contributed by atoms with E-state index in [9.17, 15) is 9.59 Å². The van der Waals surface area contributed by atoms with Crippen LogP contribution in [0.15, 0.2) is 0 Å². The fourth-order valence-corrected chi connectivity index (χ4v) is 3.14. The van der Waals surface area contributed by atoms with Crippen molar-refractivity contribution in [2.45, 2.75) is 64.3 Å². The lowest BCUT2D eigenvalue weighted by atomic mass is 9.98. The molecule has 0 aromatic carbocycles. The van der Waals surface area contributed by atoms with E-state index in [1.165, 1.54) is 43.4 Å². The van der Waals surface area contributed by atoms with Gasteiger partial charge in [0.25, 0.3) is 0 Å². The Morgan fingerprint density at radius 2 is 1.63 bits per heavy atom. The summed E-state index contributed by atoms with van der Waals surface area (Å²) in [6, 6.07) is 0.580. The highest BCUT2D eigenvalue weighted by Gasteiger charge is 2.29. The summed E-state index contributed by atoms with van der Waals surface area (Å²) < 4.78 is 0. The molecule has 1 saturated heterocycles. The molecule has 108 valence electrons. The number of likely N-dealkylation sites (tertiary alicyclic amines) is 1. The van der Waals surface area contributed by atoms with E-state index < -0.39 is 0 Å². The average molecular weight is 266 g/mol. The van der Waals surface area contributed by atoms with E-state index in [1.54, 1.807) is 0 Å². The number of hydrogen-bond acceptors (Lipinski definition) is 3. The Kier molecular flexibility index (Phi) is 5.37. The minimum atomic E-state index is 0.00594. The molecule has 2 aliphatic rings. The highest BCUT2D eigenvalue weighted by molar-refractivity contribution is 5.97. The lowest BCUT2D eigenvalue weighted by Crippen LogP contribution is -2.46. The first-order valence-electron chi connectivity index (χ1n) is 7.73. The van der Waals surface area contributed by atoms with Crippen LogP contribution in [-0.2, 0) is 9.59 Å². The summed E-state index contributed by atoms with van der Waals surface area (Å²) in [7, 11) is 0. The van der Waals surface area contributed by atoms with Gasteiger partial charge in [-0.05, 0) is 18.8 Å². The summed E-state index contributed by atoms with van der Waals surface area (Å²) in [6.45, 7) is 3.26. The zero-order chi connectivity index (χ0) is 13.7. The number of carbonyl (C=O) groups is 2. The molecule has 2 amide bonds. The maximum atomic E-state index is 11.8. The number of hydrogen-bond donors (Lipinski definition) is 1. The third-order valence-electron chi connectivity index (χ3n) is 4.27. The molecule has 2 rings (SSSR count). The van der Waals surface area contributed by atoms with Gasteiger partial charge in [-0.1, -0.05) is 32.6 Å². The van der Waals surface area contributed by atoms with Crippen LogP contribution in [0.5, 0.6) is 0 Å². The van der Waals surface area contributed by atoms with Crippen LogP contribution in [0.2, 0.25) is 0 Å². The van der Waals surface area contributed by atoms with Crippen LogP contribution in [0, 0.1) is 5.92 Å². The molecule has 0 atom stereocenters. The Morgan fingerprint density at radius 1 is 1.05 bits per heavy atom. The molecule has 1 aliphatic heterocycles. The summed E-state index contributed by atoms with van der Waals surface area (Å²) in [5.74, 6) is 0.226. The number of nitrogens with zero attached hydrogens (tertiary/aromatic N) is 1. The number of nitrogens with one attached hydrogen (secondary N) is 1. The Morgan fingerprint density at radius 3 is 2.21 bits per heavy atom. The average Bonchev–Trinajstić information content (AvgIpc) is 2.61. The molecule has 1 aliphatic carbocycles. The van der Waals surface area contributed by atoms with Crippen molar-refractivity contribution in [3.63, 3.8) is 0 Å². The standard InChI is InChI=1S/C15H26N2O2/c1-12-10-14(18)17(15(19)11-12)9-8-16-13-6-4-2-3-5-7-13/h12-13,16H,2-11H2,1H3. The quantitative estimate of drug-likeness (QED) is 0.626. The maximum absolute atomic E-state index is 11.8. The molecule has 1 N–H and O–H groups in total. The molecule has 0 spiro atoms. The smallest absolute Gasteiger partial charge is 0.229 e. The number of imide groups is 1. The van der Waals surface area contributed by atoms with Crippen molar-refractivity contribution >= 4 is 11.8 Å². The van der Waals surface area contributed by atoms with Crippen molar-refractivity contribution in [1.29, 1.82) is 0 Å². The third kappa shape index (κ3) is 4.30. The molecule has 1 saturated carbocycles. The van der Waals surface area contributed by atoms with Gasteiger partial charge in [0.2, 0.25) is 11.8 Å². The highest BCUT2D eigenvalue weighted by atomic mass is 16.2. The van der Waals surface area contributed by atoms with Crippen LogP contribution in [0.3, 0.4) is 0 Å². The van der Waals surface area contributed by atoms with Crippen LogP contribution < -0.4 is 5.32 Å². The minimum absolute atomic E-state index is 0.00594. The Balaban J connectivity index is 1.72. The zero-order valence-corrected chi connectivity index (χ0v) is 12.0. The number of piperidine rings is 1. The van der Waals surface area contributed by atoms with Gasteiger partial charge in [-0.25, -0.2) is 0 Å². The Labute approximate surface area is 115 Å². The fraction of sp³-hybridized carbons (Fsp3) is 0.867. The lowest BCUT2D eigenvalue weighted by Gasteiger charge is -2.29. The molecule has 0 radical (unpaired) electrons. The summed E-state index contributed by atoms with van der Waals surface area (Å²) >= 11 is 0. The van der Waals surface area contributed by atoms with Gasteiger partial charge in [0.15, 0.2) is 0 Å². The molecule has 19 heavy (non-hydrogen) atoms. The summed E-state index contributed by atoms with van der Waals surface area (Å²) in [4.78, 5) is 25.1. The SMILES string of the molecule is CC1CC(=O)N(CCNC2CCCCCC2)C(=O)C1. The number of amides is 2. The van der Waals surface area contributed by atoms with Crippen molar-refractivity contribution in [3.05, 3.63) is 0 Å². The van der Waals surface area contributed by atoms with E-state index in [4.69, 9.17) is 0 Å². The molecule has 0 unspecified atom stereocenters. The maximum Gasteiger partial charge on any atom is 0.229 e. The lowest BCUT2D eigenvalue weighted by molar-refractivity contribution is -0.149. The van der Waals surface area contributed by atoms with Crippen molar-refractivity contribution in [3.8, 4) is 0 Å². The Bertz CT molecular complexity index is 304. The van der Waals surface area contributed by atoms with E-state index in [0.29, 0.717) is 25.4 Å². The molecule has 2 fully saturated rings. The van der Waals surface area contributed by atoms with E-state index in [1.807, 2.05) is 6.92 Å². The van der Waals surface area contributed by atoms with E-state index in [2.05, 4.69) is 5.32 Å². The fourth-order valence-electron chi connectivity index (χ4n) is 3.14. The van der Waals surface area contributed by atoms with Gasteiger partial charge in [-0.2, -0.15) is 0 Å². The normalized spacial score (nSPS) is 23.7. The van der Waals surface area contributed by atoms with E-state index in [-0.39, 0.29) is 17.7 Å².